The number of benzene rings is 2. The molecule has 0 heterocycles. The molecule has 0 aliphatic rings. The Kier molecular flexibility index (Phi) is 6.48. The van der Waals surface area contributed by atoms with Crippen molar-refractivity contribution in [1.29, 1.82) is 0 Å². The van der Waals surface area contributed by atoms with E-state index in [4.69, 9.17) is 9.47 Å². The number of unbranched alkanes of at least 4 members (excludes halogenated alkanes) is 1. The Morgan fingerprint density at radius 2 is 1.65 bits per heavy atom. The van der Waals surface area contributed by atoms with Gasteiger partial charge in [-0.3, -0.25) is 0 Å². The second kappa shape index (κ2) is 8.83. The molecule has 1 unspecified atom stereocenters. The summed E-state index contributed by atoms with van der Waals surface area (Å²) in [5.41, 5.74) is 1.03. The molecule has 0 amide bonds. The highest BCUT2D eigenvalue weighted by Crippen LogP contribution is 2.19. The van der Waals surface area contributed by atoms with Crippen LogP contribution in [0.15, 0.2) is 60.7 Å². The molecule has 1 atom stereocenters. The Balaban J connectivity index is 1.99. The minimum absolute atomic E-state index is 0.403. The zero-order valence-electron chi connectivity index (χ0n) is 13.6. The predicted octanol–water partition coefficient (Wildman–Crippen LogP) is 4.85. The lowest BCUT2D eigenvalue weighted by atomic mass is 10.2. The fraction of sp³-hybridized carbons (Fsp3) is 0.316. The minimum atomic E-state index is -0.693. The number of para-hydroxylation sites is 2. The van der Waals surface area contributed by atoms with Gasteiger partial charge in [0.05, 0.1) is 0 Å². The van der Waals surface area contributed by atoms with Crippen molar-refractivity contribution in [2.24, 2.45) is 0 Å². The molecule has 4 heteroatoms. The van der Waals surface area contributed by atoms with Gasteiger partial charge in [-0.2, -0.15) is 0 Å². The number of rotatable bonds is 7. The van der Waals surface area contributed by atoms with Gasteiger partial charge in [0.2, 0.25) is 0 Å². The number of carbonyl (C=O) groups excluding carboxylic acids is 1. The van der Waals surface area contributed by atoms with E-state index in [1.165, 1.54) is 0 Å². The summed E-state index contributed by atoms with van der Waals surface area (Å²) >= 11 is 0. The van der Waals surface area contributed by atoms with Crippen molar-refractivity contribution >= 4 is 11.8 Å². The first kappa shape index (κ1) is 16.9. The third-order valence-corrected chi connectivity index (χ3v) is 3.49. The third-order valence-electron chi connectivity index (χ3n) is 3.49. The number of carbonyl (C=O) groups is 1. The maximum absolute atomic E-state index is 12.0. The molecule has 2 aromatic carbocycles. The molecular formula is C19H23NO3. The molecule has 2 rings (SSSR count). The standard InChI is InChI=1S/C19H23NO3/c1-3-4-15-20(17-11-7-5-8-12-17)16(2)22-19(21)23-18-13-9-6-10-14-18/h5-14,16H,3-4,15H2,1-2H3. The second-order valence-corrected chi connectivity index (χ2v) is 5.26. The molecule has 4 nitrogen and oxygen atoms in total. The van der Waals surface area contributed by atoms with Gasteiger partial charge >= 0.3 is 6.16 Å². The van der Waals surface area contributed by atoms with Crippen LogP contribution in [-0.4, -0.2) is 18.9 Å². The van der Waals surface area contributed by atoms with Crippen LogP contribution in [0.4, 0.5) is 10.5 Å². The van der Waals surface area contributed by atoms with E-state index < -0.39 is 12.4 Å². The number of hydrogen-bond donors (Lipinski definition) is 0. The van der Waals surface area contributed by atoms with E-state index in [1.54, 1.807) is 12.1 Å². The van der Waals surface area contributed by atoms with E-state index in [0.29, 0.717) is 5.75 Å². The van der Waals surface area contributed by atoms with Gasteiger partial charge in [-0.25, -0.2) is 4.79 Å². The molecule has 0 bridgehead atoms. The van der Waals surface area contributed by atoms with Crippen molar-refractivity contribution in [2.75, 3.05) is 11.4 Å². The summed E-state index contributed by atoms with van der Waals surface area (Å²) in [5, 5.41) is 0. The Morgan fingerprint density at radius 3 is 2.26 bits per heavy atom. The van der Waals surface area contributed by atoms with Crippen molar-refractivity contribution in [1.82, 2.24) is 0 Å². The summed E-state index contributed by atoms with van der Waals surface area (Å²) in [5.74, 6) is 0.476. The molecule has 0 spiro atoms. The summed E-state index contributed by atoms with van der Waals surface area (Å²) in [4.78, 5) is 14.0. The van der Waals surface area contributed by atoms with Gasteiger partial charge in [-0.15, -0.1) is 0 Å². The first-order valence-electron chi connectivity index (χ1n) is 7.96. The second-order valence-electron chi connectivity index (χ2n) is 5.26. The average molecular weight is 313 g/mol. The average Bonchev–Trinajstić information content (AvgIpc) is 2.57. The van der Waals surface area contributed by atoms with Crippen molar-refractivity contribution < 1.29 is 14.3 Å². The maximum atomic E-state index is 12.0. The molecule has 0 N–H and O–H groups in total. The molecule has 0 aromatic heterocycles. The molecule has 0 saturated carbocycles. The lowest BCUT2D eigenvalue weighted by Crippen LogP contribution is -2.38. The van der Waals surface area contributed by atoms with Crippen molar-refractivity contribution in [2.45, 2.75) is 32.9 Å². The van der Waals surface area contributed by atoms with Crippen LogP contribution >= 0.6 is 0 Å². The van der Waals surface area contributed by atoms with Crippen LogP contribution in [0, 0.1) is 0 Å². The van der Waals surface area contributed by atoms with Gasteiger partial charge in [0.25, 0.3) is 0 Å². The van der Waals surface area contributed by atoms with Gasteiger partial charge in [0.1, 0.15) is 5.75 Å². The Hall–Kier alpha value is -2.49. The summed E-state index contributed by atoms with van der Waals surface area (Å²) in [7, 11) is 0. The van der Waals surface area contributed by atoms with Crippen LogP contribution in [-0.2, 0) is 4.74 Å². The van der Waals surface area contributed by atoms with Crippen LogP contribution in [0.3, 0.4) is 0 Å². The minimum Gasteiger partial charge on any atom is -0.410 e. The molecule has 0 radical (unpaired) electrons. The van der Waals surface area contributed by atoms with Crippen LogP contribution in [0.1, 0.15) is 26.7 Å². The normalized spacial score (nSPS) is 11.6. The zero-order chi connectivity index (χ0) is 16.5. The number of hydrogen-bond acceptors (Lipinski definition) is 4. The van der Waals surface area contributed by atoms with E-state index in [1.807, 2.05) is 55.5 Å². The Bertz CT molecular complexity index is 586. The Morgan fingerprint density at radius 1 is 1.04 bits per heavy atom. The number of nitrogens with zero attached hydrogens (tertiary/aromatic N) is 1. The van der Waals surface area contributed by atoms with Gasteiger partial charge in [0.15, 0.2) is 6.23 Å². The molecule has 0 fully saturated rings. The number of anilines is 1. The fourth-order valence-electron chi connectivity index (χ4n) is 2.28. The first-order valence-corrected chi connectivity index (χ1v) is 7.96. The fourth-order valence-corrected chi connectivity index (χ4v) is 2.28. The van der Waals surface area contributed by atoms with Gasteiger partial charge < -0.3 is 14.4 Å². The largest absolute Gasteiger partial charge is 0.515 e. The van der Waals surface area contributed by atoms with E-state index >= 15 is 0 Å². The molecule has 0 saturated heterocycles. The monoisotopic (exact) mass is 313 g/mol. The lowest BCUT2D eigenvalue weighted by Gasteiger charge is -2.30. The van der Waals surface area contributed by atoms with E-state index in [2.05, 4.69) is 11.8 Å². The van der Waals surface area contributed by atoms with E-state index in [-0.39, 0.29) is 0 Å². The highest BCUT2D eigenvalue weighted by molar-refractivity contribution is 5.64. The van der Waals surface area contributed by atoms with E-state index in [9.17, 15) is 4.79 Å². The third kappa shape index (κ3) is 5.33. The van der Waals surface area contributed by atoms with Crippen LogP contribution in [0.5, 0.6) is 5.75 Å². The summed E-state index contributed by atoms with van der Waals surface area (Å²) in [6.07, 6.45) is 1.00. The molecule has 2 aromatic rings. The first-order chi connectivity index (χ1) is 11.2. The van der Waals surface area contributed by atoms with Gasteiger partial charge in [0, 0.05) is 12.2 Å². The van der Waals surface area contributed by atoms with Crippen LogP contribution in [0.2, 0.25) is 0 Å². The summed E-state index contributed by atoms with van der Waals surface area (Å²) in [6, 6.07) is 18.9. The lowest BCUT2D eigenvalue weighted by molar-refractivity contribution is 0.0640. The summed E-state index contributed by atoms with van der Waals surface area (Å²) < 4.78 is 10.6. The quantitative estimate of drug-likeness (QED) is 0.416. The zero-order valence-corrected chi connectivity index (χ0v) is 13.6. The van der Waals surface area contributed by atoms with Gasteiger partial charge in [-0.1, -0.05) is 49.7 Å². The molecule has 122 valence electrons. The van der Waals surface area contributed by atoms with E-state index in [0.717, 1.165) is 25.1 Å². The maximum Gasteiger partial charge on any atom is 0.515 e. The SMILES string of the molecule is CCCCN(c1ccccc1)C(C)OC(=O)Oc1ccccc1. The predicted molar refractivity (Wildman–Crippen MR) is 91.7 cm³/mol. The Labute approximate surface area is 137 Å². The van der Waals surface area contributed by atoms with Crippen molar-refractivity contribution in [3.63, 3.8) is 0 Å². The molecule has 0 aliphatic heterocycles. The molecular weight excluding hydrogens is 290 g/mol. The highest BCUT2D eigenvalue weighted by Gasteiger charge is 2.19. The molecule has 23 heavy (non-hydrogen) atoms. The highest BCUT2D eigenvalue weighted by atomic mass is 16.7. The molecule has 0 aliphatic carbocycles. The summed E-state index contributed by atoms with van der Waals surface area (Å²) in [6.45, 7) is 4.81. The smallest absolute Gasteiger partial charge is 0.410 e. The van der Waals surface area contributed by atoms with Crippen LogP contribution < -0.4 is 9.64 Å². The van der Waals surface area contributed by atoms with Crippen LogP contribution in [0.25, 0.3) is 0 Å². The van der Waals surface area contributed by atoms with Crippen molar-refractivity contribution in [3.8, 4) is 5.75 Å². The number of ether oxygens (including phenoxy) is 2. The van der Waals surface area contributed by atoms with Gasteiger partial charge in [-0.05, 0) is 37.6 Å². The topological polar surface area (TPSA) is 38.8 Å². The van der Waals surface area contributed by atoms with Crippen molar-refractivity contribution in [3.05, 3.63) is 60.7 Å².